The van der Waals surface area contributed by atoms with E-state index in [2.05, 4.69) is 0 Å². The Balaban J connectivity index is 2.12. The van der Waals surface area contributed by atoms with Crippen LogP contribution in [0, 0.1) is 6.92 Å². The summed E-state index contributed by atoms with van der Waals surface area (Å²) in [6.45, 7) is 1.84. The number of carbonyl (C=O) groups excluding carboxylic acids is 1. The molecule has 6 nitrogen and oxygen atoms in total. The number of ether oxygens (including phenoxy) is 2. The molecule has 0 saturated carbocycles. The Bertz CT molecular complexity index is 1020. The molecule has 1 amide bonds. The molecule has 0 N–H and O–H groups in total. The van der Waals surface area contributed by atoms with Crippen molar-refractivity contribution in [3.05, 3.63) is 58.4 Å². The van der Waals surface area contributed by atoms with Crippen LogP contribution in [0.3, 0.4) is 0 Å². The molecule has 6 heteroatoms. The number of amides is 1. The van der Waals surface area contributed by atoms with Crippen LogP contribution in [0.15, 0.2) is 51.7 Å². The molecule has 0 saturated heterocycles. The van der Waals surface area contributed by atoms with Crippen molar-refractivity contribution in [2.75, 3.05) is 21.2 Å². The maximum atomic E-state index is 12.5. The second-order valence-electron chi connectivity index (χ2n) is 6.04. The standard InChI is InChI=1S/C20H19NO5/c1-12-16-11-15(25-20(23)21(2)3)9-10-17(16)26-19(22)18(12)13-5-7-14(24-4)8-6-13/h5-11H,1-4H3. The van der Waals surface area contributed by atoms with Crippen molar-refractivity contribution >= 4 is 17.1 Å². The Morgan fingerprint density at radius 1 is 1.04 bits per heavy atom. The van der Waals surface area contributed by atoms with Gasteiger partial charge < -0.3 is 18.8 Å². The summed E-state index contributed by atoms with van der Waals surface area (Å²) < 4.78 is 15.9. The van der Waals surface area contributed by atoms with Gasteiger partial charge in [0.15, 0.2) is 0 Å². The zero-order valence-electron chi connectivity index (χ0n) is 15.0. The first-order valence-corrected chi connectivity index (χ1v) is 8.01. The smallest absolute Gasteiger partial charge is 0.414 e. The van der Waals surface area contributed by atoms with Crippen LogP contribution < -0.4 is 15.1 Å². The fraction of sp³-hybridized carbons (Fsp3) is 0.200. The van der Waals surface area contributed by atoms with Gasteiger partial charge in [-0.05, 0) is 48.4 Å². The van der Waals surface area contributed by atoms with Crippen molar-refractivity contribution in [3.8, 4) is 22.6 Å². The molecule has 0 bridgehead atoms. The SMILES string of the molecule is COc1ccc(-c2c(C)c3cc(OC(=O)N(C)C)ccc3oc2=O)cc1. The molecule has 2 aromatic carbocycles. The van der Waals surface area contributed by atoms with Gasteiger partial charge in [0.05, 0.1) is 12.7 Å². The minimum Gasteiger partial charge on any atom is -0.497 e. The van der Waals surface area contributed by atoms with E-state index in [9.17, 15) is 9.59 Å². The lowest BCUT2D eigenvalue weighted by atomic mass is 9.99. The third kappa shape index (κ3) is 3.26. The quantitative estimate of drug-likeness (QED) is 0.669. The predicted octanol–water partition coefficient (Wildman–Crippen LogP) is 3.84. The summed E-state index contributed by atoms with van der Waals surface area (Å²) in [5, 5.41) is 0.708. The van der Waals surface area contributed by atoms with Crippen LogP contribution in [0.5, 0.6) is 11.5 Å². The molecule has 134 valence electrons. The van der Waals surface area contributed by atoms with Crippen molar-refractivity contribution < 1.29 is 18.7 Å². The number of hydrogen-bond donors (Lipinski definition) is 0. The van der Waals surface area contributed by atoms with Crippen LogP contribution in [0.1, 0.15) is 5.56 Å². The summed E-state index contributed by atoms with van der Waals surface area (Å²) >= 11 is 0. The number of rotatable bonds is 3. The van der Waals surface area contributed by atoms with Crippen LogP contribution in [-0.2, 0) is 0 Å². The van der Waals surface area contributed by atoms with Crippen molar-refractivity contribution in [3.63, 3.8) is 0 Å². The molecule has 3 aromatic rings. The second-order valence-corrected chi connectivity index (χ2v) is 6.04. The first kappa shape index (κ1) is 17.5. The fourth-order valence-corrected chi connectivity index (χ4v) is 2.68. The lowest BCUT2D eigenvalue weighted by Crippen LogP contribution is -2.25. The molecule has 1 heterocycles. The topological polar surface area (TPSA) is 69.0 Å². The van der Waals surface area contributed by atoms with Gasteiger partial charge in [0, 0.05) is 19.5 Å². The molecular formula is C20H19NO5. The molecule has 0 unspecified atom stereocenters. The molecule has 1 aromatic heterocycles. The van der Waals surface area contributed by atoms with Crippen molar-refractivity contribution in [1.29, 1.82) is 0 Å². The molecule has 3 rings (SSSR count). The Morgan fingerprint density at radius 3 is 2.31 bits per heavy atom. The molecule has 0 radical (unpaired) electrons. The van der Waals surface area contributed by atoms with E-state index < -0.39 is 11.7 Å². The number of nitrogens with zero attached hydrogens (tertiary/aromatic N) is 1. The summed E-state index contributed by atoms with van der Waals surface area (Å²) in [5.74, 6) is 1.09. The lowest BCUT2D eigenvalue weighted by Gasteiger charge is -2.12. The minimum absolute atomic E-state index is 0.383. The molecule has 26 heavy (non-hydrogen) atoms. The van der Waals surface area contributed by atoms with Gasteiger partial charge in [-0.25, -0.2) is 9.59 Å². The van der Waals surface area contributed by atoms with Gasteiger partial charge in [-0.15, -0.1) is 0 Å². The Labute approximate surface area is 150 Å². The number of methoxy groups -OCH3 is 1. The highest BCUT2D eigenvalue weighted by molar-refractivity contribution is 5.88. The van der Waals surface area contributed by atoms with E-state index in [4.69, 9.17) is 13.9 Å². The molecule has 0 aliphatic carbocycles. The largest absolute Gasteiger partial charge is 0.497 e. The van der Waals surface area contributed by atoms with Gasteiger partial charge in [-0.1, -0.05) is 12.1 Å². The predicted molar refractivity (Wildman–Crippen MR) is 98.9 cm³/mol. The Morgan fingerprint density at radius 2 is 1.69 bits per heavy atom. The third-order valence-corrected chi connectivity index (χ3v) is 4.09. The zero-order valence-corrected chi connectivity index (χ0v) is 15.0. The van der Waals surface area contributed by atoms with Crippen LogP contribution in [0.25, 0.3) is 22.1 Å². The van der Waals surface area contributed by atoms with Gasteiger partial charge in [0.2, 0.25) is 0 Å². The lowest BCUT2D eigenvalue weighted by molar-refractivity contribution is 0.172. The van der Waals surface area contributed by atoms with Gasteiger partial charge in [-0.2, -0.15) is 0 Å². The average molecular weight is 353 g/mol. The number of benzene rings is 2. The fourth-order valence-electron chi connectivity index (χ4n) is 2.68. The van der Waals surface area contributed by atoms with Gasteiger partial charge in [-0.3, -0.25) is 0 Å². The first-order valence-electron chi connectivity index (χ1n) is 8.01. The number of aryl methyl sites for hydroxylation is 1. The van der Waals surface area contributed by atoms with Crippen LogP contribution in [-0.4, -0.2) is 32.2 Å². The summed E-state index contributed by atoms with van der Waals surface area (Å²) in [6.07, 6.45) is -0.477. The summed E-state index contributed by atoms with van der Waals surface area (Å²) in [6, 6.07) is 12.1. The normalized spacial score (nSPS) is 10.6. The van der Waals surface area contributed by atoms with Crippen molar-refractivity contribution in [1.82, 2.24) is 4.90 Å². The first-order chi connectivity index (χ1) is 12.4. The molecule has 0 aliphatic rings. The monoisotopic (exact) mass is 353 g/mol. The highest BCUT2D eigenvalue weighted by Crippen LogP contribution is 2.30. The zero-order chi connectivity index (χ0) is 18.8. The van der Waals surface area contributed by atoms with E-state index in [0.717, 1.165) is 11.1 Å². The van der Waals surface area contributed by atoms with E-state index >= 15 is 0 Å². The van der Waals surface area contributed by atoms with Gasteiger partial charge in [0.1, 0.15) is 17.1 Å². The van der Waals surface area contributed by atoms with Gasteiger partial charge >= 0.3 is 11.7 Å². The number of hydrogen-bond acceptors (Lipinski definition) is 5. The molecule has 0 spiro atoms. The summed E-state index contributed by atoms with van der Waals surface area (Å²) in [5.41, 5.74) is 1.97. The highest BCUT2D eigenvalue weighted by Gasteiger charge is 2.15. The maximum Gasteiger partial charge on any atom is 0.414 e. The van der Waals surface area contributed by atoms with E-state index in [-0.39, 0.29) is 0 Å². The maximum absolute atomic E-state index is 12.5. The minimum atomic E-state index is -0.477. The summed E-state index contributed by atoms with van der Waals surface area (Å²) in [7, 11) is 4.80. The van der Waals surface area contributed by atoms with Crippen LogP contribution in [0.2, 0.25) is 0 Å². The highest BCUT2D eigenvalue weighted by atomic mass is 16.6. The molecule has 0 fully saturated rings. The van der Waals surface area contributed by atoms with E-state index in [1.807, 2.05) is 6.92 Å². The molecule has 0 atom stereocenters. The summed E-state index contributed by atoms with van der Waals surface area (Å²) in [4.78, 5) is 25.6. The molecular weight excluding hydrogens is 334 g/mol. The number of carbonyl (C=O) groups is 1. The van der Waals surface area contributed by atoms with E-state index in [1.165, 1.54) is 4.90 Å². The van der Waals surface area contributed by atoms with Crippen LogP contribution in [0.4, 0.5) is 4.79 Å². The molecule has 0 aliphatic heterocycles. The van der Waals surface area contributed by atoms with Gasteiger partial charge in [0.25, 0.3) is 0 Å². The number of fused-ring (bicyclic) bond motifs is 1. The van der Waals surface area contributed by atoms with E-state index in [0.29, 0.717) is 28.0 Å². The second kappa shape index (κ2) is 6.92. The Hall–Kier alpha value is -3.28. The average Bonchev–Trinajstić information content (AvgIpc) is 2.62. The van der Waals surface area contributed by atoms with Crippen LogP contribution >= 0.6 is 0 Å². The van der Waals surface area contributed by atoms with Crippen molar-refractivity contribution in [2.45, 2.75) is 6.92 Å². The Kier molecular flexibility index (Phi) is 4.67. The third-order valence-electron chi connectivity index (χ3n) is 4.09. The van der Waals surface area contributed by atoms with E-state index in [1.54, 1.807) is 63.7 Å². The van der Waals surface area contributed by atoms with Crippen molar-refractivity contribution in [2.24, 2.45) is 0 Å².